The molecule has 0 amide bonds. The molecule has 0 aliphatic carbocycles. The lowest BCUT2D eigenvalue weighted by Crippen LogP contribution is -2.04. The molecule has 3 rings (SSSR count). The Morgan fingerprint density at radius 1 is 0.909 bits per heavy atom. The Morgan fingerprint density at radius 3 is 2.09 bits per heavy atom. The number of aliphatic hydroxyl groups excluding tert-OH is 1. The van der Waals surface area contributed by atoms with Gasteiger partial charge in [0.25, 0.3) is 0 Å². The van der Waals surface area contributed by atoms with Crippen LogP contribution in [0.2, 0.25) is 0 Å². The summed E-state index contributed by atoms with van der Waals surface area (Å²) >= 11 is 0. The van der Waals surface area contributed by atoms with Gasteiger partial charge in [-0.25, -0.2) is 13.5 Å². The standard InChI is InChI=1S/C16H13F2N3O/c17-13-5-1-11(2-6-13)9-21-16(15(10-22)19-20-21)12-3-7-14(18)8-4-12/h1-8,22H,9-10H2. The van der Waals surface area contributed by atoms with Crippen molar-refractivity contribution in [3.63, 3.8) is 0 Å². The third kappa shape index (κ3) is 2.87. The number of benzene rings is 2. The zero-order chi connectivity index (χ0) is 15.5. The van der Waals surface area contributed by atoms with E-state index >= 15 is 0 Å². The van der Waals surface area contributed by atoms with Gasteiger partial charge < -0.3 is 5.11 Å². The number of aromatic nitrogens is 3. The Morgan fingerprint density at radius 2 is 1.50 bits per heavy atom. The molecule has 0 unspecified atom stereocenters. The predicted molar refractivity (Wildman–Crippen MR) is 76.8 cm³/mol. The van der Waals surface area contributed by atoms with E-state index in [1.807, 2.05) is 0 Å². The highest BCUT2D eigenvalue weighted by molar-refractivity contribution is 5.61. The van der Waals surface area contributed by atoms with Crippen molar-refractivity contribution in [2.24, 2.45) is 0 Å². The molecular formula is C16H13F2N3O. The maximum atomic E-state index is 13.1. The number of hydrogen-bond donors (Lipinski definition) is 1. The van der Waals surface area contributed by atoms with Gasteiger partial charge in [0.2, 0.25) is 0 Å². The summed E-state index contributed by atoms with van der Waals surface area (Å²) in [6.45, 7) is 0.107. The number of aliphatic hydroxyl groups is 1. The van der Waals surface area contributed by atoms with Crippen LogP contribution in [0.5, 0.6) is 0 Å². The highest BCUT2D eigenvalue weighted by atomic mass is 19.1. The molecule has 2 aromatic carbocycles. The van der Waals surface area contributed by atoms with Crippen LogP contribution in [0.4, 0.5) is 8.78 Å². The molecule has 4 nitrogen and oxygen atoms in total. The van der Waals surface area contributed by atoms with Gasteiger partial charge in [0.1, 0.15) is 17.3 Å². The van der Waals surface area contributed by atoms with Crippen molar-refractivity contribution in [3.8, 4) is 11.3 Å². The van der Waals surface area contributed by atoms with E-state index in [1.54, 1.807) is 28.9 Å². The van der Waals surface area contributed by atoms with Crippen molar-refractivity contribution in [1.29, 1.82) is 0 Å². The second-order valence-electron chi connectivity index (χ2n) is 4.83. The first-order valence-corrected chi connectivity index (χ1v) is 6.71. The van der Waals surface area contributed by atoms with E-state index in [2.05, 4.69) is 10.3 Å². The first-order chi connectivity index (χ1) is 10.7. The smallest absolute Gasteiger partial charge is 0.123 e. The van der Waals surface area contributed by atoms with Gasteiger partial charge in [-0.2, -0.15) is 0 Å². The first kappa shape index (κ1) is 14.3. The highest BCUT2D eigenvalue weighted by Crippen LogP contribution is 2.23. The Bertz CT molecular complexity index is 767. The lowest BCUT2D eigenvalue weighted by Gasteiger charge is -2.08. The minimum Gasteiger partial charge on any atom is -0.390 e. The van der Waals surface area contributed by atoms with Gasteiger partial charge in [-0.05, 0) is 42.0 Å². The van der Waals surface area contributed by atoms with Crippen molar-refractivity contribution in [2.75, 3.05) is 0 Å². The van der Waals surface area contributed by atoms with Crippen LogP contribution in [0.1, 0.15) is 11.3 Å². The van der Waals surface area contributed by atoms with Gasteiger partial charge in [-0.15, -0.1) is 5.10 Å². The Labute approximate surface area is 125 Å². The lowest BCUT2D eigenvalue weighted by molar-refractivity contribution is 0.277. The summed E-state index contributed by atoms with van der Waals surface area (Å²) < 4.78 is 27.6. The molecular weight excluding hydrogens is 288 g/mol. The average molecular weight is 301 g/mol. The first-order valence-electron chi connectivity index (χ1n) is 6.71. The zero-order valence-electron chi connectivity index (χ0n) is 11.6. The van der Waals surface area contributed by atoms with Gasteiger partial charge in [-0.3, -0.25) is 0 Å². The average Bonchev–Trinajstić information content (AvgIpc) is 2.93. The summed E-state index contributed by atoms with van der Waals surface area (Å²) in [7, 11) is 0. The fraction of sp³-hybridized carbons (Fsp3) is 0.125. The van der Waals surface area contributed by atoms with Crippen LogP contribution in [0.25, 0.3) is 11.3 Å². The molecule has 0 aliphatic rings. The van der Waals surface area contributed by atoms with Crippen LogP contribution in [0, 0.1) is 11.6 Å². The van der Waals surface area contributed by atoms with Crippen molar-refractivity contribution in [3.05, 3.63) is 71.4 Å². The van der Waals surface area contributed by atoms with Crippen LogP contribution in [0.3, 0.4) is 0 Å². The summed E-state index contributed by atoms with van der Waals surface area (Å²) in [6, 6.07) is 11.9. The third-order valence-electron chi connectivity index (χ3n) is 3.32. The minimum absolute atomic E-state index is 0.268. The summed E-state index contributed by atoms with van der Waals surface area (Å²) in [5.41, 5.74) is 2.58. The van der Waals surface area contributed by atoms with Crippen molar-refractivity contribution < 1.29 is 13.9 Å². The Balaban J connectivity index is 1.99. The normalized spacial score (nSPS) is 10.9. The molecule has 0 saturated heterocycles. The summed E-state index contributed by atoms with van der Waals surface area (Å²) in [5.74, 6) is -0.649. The summed E-state index contributed by atoms with van der Waals surface area (Å²) in [5, 5.41) is 17.4. The van der Waals surface area contributed by atoms with E-state index in [0.717, 1.165) is 5.56 Å². The largest absolute Gasteiger partial charge is 0.390 e. The predicted octanol–water partition coefficient (Wildman–Crippen LogP) is 2.76. The fourth-order valence-electron chi connectivity index (χ4n) is 2.25. The molecule has 1 heterocycles. The SMILES string of the molecule is OCc1nnn(Cc2ccc(F)cc2)c1-c1ccc(F)cc1. The molecule has 0 fully saturated rings. The molecule has 22 heavy (non-hydrogen) atoms. The summed E-state index contributed by atoms with van der Waals surface area (Å²) in [6.07, 6.45) is 0. The molecule has 1 aromatic heterocycles. The quantitative estimate of drug-likeness (QED) is 0.806. The summed E-state index contributed by atoms with van der Waals surface area (Å²) in [4.78, 5) is 0. The van der Waals surface area contributed by atoms with Crippen LogP contribution in [-0.4, -0.2) is 20.1 Å². The van der Waals surface area contributed by atoms with Gasteiger partial charge >= 0.3 is 0 Å². The van der Waals surface area contributed by atoms with Crippen LogP contribution >= 0.6 is 0 Å². The number of hydrogen-bond acceptors (Lipinski definition) is 3. The highest BCUT2D eigenvalue weighted by Gasteiger charge is 2.14. The second kappa shape index (κ2) is 6.03. The minimum atomic E-state index is -0.341. The lowest BCUT2D eigenvalue weighted by atomic mass is 10.1. The Kier molecular flexibility index (Phi) is 3.93. The molecule has 0 atom stereocenters. The number of rotatable bonds is 4. The maximum Gasteiger partial charge on any atom is 0.123 e. The molecule has 0 bridgehead atoms. The topological polar surface area (TPSA) is 50.9 Å². The maximum absolute atomic E-state index is 13.1. The van der Waals surface area contributed by atoms with E-state index in [1.165, 1.54) is 24.3 Å². The molecule has 0 saturated carbocycles. The zero-order valence-corrected chi connectivity index (χ0v) is 11.6. The van der Waals surface area contributed by atoms with Crippen molar-refractivity contribution in [2.45, 2.75) is 13.2 Å². The third-order valence-corrected chi connectivity index (χ3v) is 3.32. The molecule has 0 radical (unpaired) electrons. The molecule has 0 spiro atoms. The molecule has 1 N–H and O–H groups in total. The van der Waals surface area contributed by atoms with Crippen LogP contribution in [-0.2, 0) is 13.2 Å². The van der Waals surface area contributed by atoms with E-state index in [4.69, 9.17) is 0 Å². The van der Waals surface area contributed by atoms with Crippen molar-refractivity contribution in [1.82, 2.24) is 15.0 Å². The Hall–Kier alpha value is -2.60. The van der Waals surface area contributed by atoms with Crippen LogP contribution in [0.15, 0.2) is 48.5 Å². The van der Waals surface area contributed by atoms with Crippen molar-refractivity contribution >= 4 is 0 Å². The van der Waals surface area contributed by atoms with Gasteiger partial charge in [0, 0.05) is 5.56 Å². The monoisotopic (exact) mass is 301 g/mol. The van der Waals surface area contributed by atoms with E-state index in [9.17, 15) is 13.9 Å². The molecule has 6 heteroatoms. The fourth-order valence-corrected chi connectivity index (χ4v) is 2.25. The molecule has 0 aliphatic heterocycles. The van der Waals surface area contributed by atoms with Gasteiger partial charge in [0.05, 0.1) is 18.8 Å². The van der Waals surface area contributed by atoms with E-state index in [0.29, 0.717) is 23.5 Å². The van der Waals surface area contributed by atoms with E-state index < -0.39 is 0 Å². The van der Waals surface area contributed by atoms with Crippen LogP contribution < -0.4 is 0 Å². The second-order valence-corrected chi connectivity index (χ2v) is 4.83. The number of nitrogens with zero attached hydrogens (tertiary/aromatic N) is 3. The molecule has 3 aromatic rings. The molecule has 112 valence electrons. The number of halogens is 2. The van der Waals surface area contributed by atoms with Gasteiger partial charge in [0.15, 0.2) is 0 Å². The van der Waals surface area contributed by atoms with Gasteiger partial charge in [-0.1, -0.05) is 17.3 Å². The van der Waals surface area contributed by atoms with E-state index in [-0.39, 0.29) is 18.2 Å².